The molecule has 1 heterocycles. The maximum Gasteiger partial charge on any atom is 0.224 e. The zero-order valence-electron chi connectivity index (χ0n) is 7.40. The molecule has 0 aromatic carbocycles. The summed E-state index contributed by atoms with van der Waals surface area (Å²) in [6.45, 7) is 0. The van der Waals surface area contributed by atoms with Gasteiger partial charge in [0.25, 0.3) is 0 Å². The maximum absolute atomic E-state index is 8.60. The van der Waals surface area contributed by atoms with Crippen LogP contribution in [0.25, 0.3) is 0 Å². The van der Waals surface area contributed by atoms with E-state index in [1.807, 2.05) is 14.1 Å². The van der Waals surface area contributed by atoms with Gasteiger partial charge in [-0.1, -0.05) is 15.9 Å². The molecule has 0 aliphatic heterocycles. The summed E-state index contributed by atoms with van der Waals surface area (Å²) in [4.78, 5) is 9.64. The molecule has 5 heteroatoms. The summed E-state index contributed by atoms with van der Waals surface area (Å²) in [7, 11) is 3.73. The van der Waals surface area contributed by atoms with Crippen LogP contribution in [-0.2, 0) is 0 Å². The highest BCUT2D eigenvalue weighted by atomic mass is 79.9. The van der Waals surface area contributed by atoms with Crippen LogP contribution in [0.5, 0.6) is 0 Å². The van der Waals surface area contributed by atoms with Gasteiger partial charge in [-0.25, -0.2) is 9.97 Å². The molecule has 0 fully saturated rings. The molecule has 1 unspecified atom stereocenters. The van der Waals surface area contributed by atoms with Crippen LogP contribution < -0.4 is 4.90 Å². The van der Waals surface area contributed by atoms with Gasteiger partial charge in [0.05, 0.1) is 6.07 Å². The largest absolute Gasteiger partial charge is 0.347 e. The highest BCUT2D eigenvalue weighted by Gasteiger charge is 2.06. The van der Waals surface area contributed by atoms with Gasteiger partial charge in [0.2, 0.25) is 5.95 Å². The Kier molecular flexibility index (Phi) is 3.20. The van der Waals surface area contributed by atoms with Crippen molar-refractivity contribution < 1.29 is 0 Å². The maximum atomic E-state index is 8.60. The van der Waals surface area contributed by atoms with E-state index in [0.29, 0.717) is 5.95 Å². The first-order valence-corrected chi connectivity index (χ1v) is 4.59. The monoisotopic (exact) mass is 240 g/mol. The van der Waals surface area contributed by atoms with Gasteiger partial charge in [0.1, 0.15) is 4.83 Å². The Morgan fingerprint density at radius 1 is 1.46 bits per heavy atom. The first-order chi connectivity index (χ1) is 6.15. The van der Waals surface area contributed by atoms with Crippen LogP contribution in [0.1, 0.15) is 10.4 Å². The predicted molar refractivity (Wildman–Crippen MR) is 53.6 cm³/mol. The topological polar surface area (TPSA) is 52.8 Å². The second kappa shape index (κ2) is 4.19. The first-order valence-electron chi connectivity index (χ1n) is 3.68. The molecular formula is C8H9BrN4. The third kappa shape index (κ3) is 2.39. The van der Waals surface area contributed by atoms with Crippen molar-refractivity contribution in [1.82, 2.24) is 9.97 Å². The lowest BCUT2D eigenvalue weighted by Crippen LogP contribution is -2.12. The van der Waals surface area contributed by atoms with E-state index < -0.39 is 0 Å². The van der Waals surface area contributed by atoms with E-state index in [9.17, 15) is 0 Å². The molecule has 1 rings (SSSR count). The molecule has 1 aromatic heterocycles. The van der Waals surface area contributed by atoms with E-state index in [2.05, 4.69) is 32.0 Å². The SMILES string of the molecule is CN(C)c1ncc(C(Br)C#N)cn1. The van der Waals surface area contributed by atoms with Crippen molar-refractivity contribution in [2.45, 2.75) is 4.83 Å². The summed E-state index contributed by atoms with van der Waals surface area (Å²) >= 11 is 3.19. The molecule has 68 valence electrons. The summed E-state index contributed by atoms with van der Waals surface area (Å²) in [6, 6.07) is 2.05. The van der Waals surface area contributed by atoms with E-state index in [1.54, 1.807) is 17.3 Å². The summed E-state index contributed by atoms with van der Waals surface area (Å²) in [5.74, 6) is 0.640. The van der Waals surface area contributed by atoms with Crippen LogP contribution in [0, 0.1) is 11.3 Å². The zero-order valence-corrected chi connectivity index (χ0v) is 8.98. The van der Waals surface area contributed by atoms with Gasteiger partial charge < -0.3 is 4.90 Å². The fourth-order valence-electron chi connectivity index (χ4n) is 0.768. The smallest absolute Gasteiger partial charge is 0.224 e. The third-order valence-corrected chi connectivity index (χ3v) is 2.20. The summed E-state index contributed by atoms with van der Waals surface area (Å²) < 4.78 is 0. The Morgan fingerprint density at radius 3 is 2.38 bits per heavy atom. The van der Waals surface area contributed by atoms with Gasteiger partial charge in [-0.05, 0) is 0 Å². The zero-order chi connectivity index (χ0) is 9.84. The number of hydrogen-bond acceptors (Lipinski definition) is 4. The quantitative estimate of drug-likeness (QED) is 0.736. The molecule has 0 amide bonds. The molecular weight excluding hydrogens is 232 g/mol. The second-order valence-corrected chi connectivity index (χ2v) is 3.62. The summed E-state index contributed by atoms with van der Waals surface area (Å²) in [5.41, 5.74) is 0.771. The van der Waals surface area contributed by atoms with E-state index >= 15 is 0 Å². The fourth-order valence-corrected chi connectivity index (χ4v) is 1.00. The van der Waals surface area contributed by atoms with E-state index in [0.717, 1.165) is 5.56 Å². The number of nitriles is 1. The van der Waals surface area contributed by atoms with Crippen LogP contribution in [0.2, 0.25) is 0 Å². The lowest BCUT2D eigenvalue weighted by molar-refractivity contribution is 0.979. The number of aromatic nitrogens is 2. The molecule has 0 saturated heterocycles. The van der Waals surface area contributed by atoms with E-state index in [1.165, 1.54) is 0 Å². The minimum Gasteiger partial charge on any atom is -0.347 e. The molecule has 1 aromatic rings. The molecule has 0 bridgehead atoms. The Labute approximate surface area is 85.4 Å². The first kappa shape index (κ1) is 9.93. The average Bonchev–Trinajstić information content (AvgIpc) is 2.17. The van der Waals surface area contributed by atoms with Crippen LogP contribution in [0.3, 0.4) is 0 Å². The Morgan fingerprint density at radius 2 is 2.00 bits per heavy atom. The number of anilines is 1. The highest BCUT2D eigenvalue weighted by molar-refractivity contribution is 9.09. The molecule has 13 heavy (non-hydrogen) atoms. The Bertz CT molecular complexity index is 314. The fraction of sp³-hybridized carbons (Fsp3) is 0.375. The van der Waals surface area contributed by atoms with Crippen LogP contribution in [0.15, 0.2) is 12.4 Å². The lowest BCUT2D eigenvalue weighted by Gasteiger charge is -2.09. The highest BCUT2D eigenvalue weighted by Crippen LogP contribution is 2.20. The molecule has 0 radical (unpaired) electrons. The molecule has 1 atom stereocenters. The van der Waals surface area contributed by atoms with Crippen molar-refractivity contribution in [2.75, 3.05) is 19.0 Å². The van der Waals surface area contributed by atoms with Crippen molar-refractivity contribution in [3.8, 4) is 6.07 Å². The van der Waals surface area contributed by atoms with Crippen LogP contribution in [-0.4, -0.2) is 24.1 Å². The number of rotatable bonds is 2. The van der Waals surface area contributed by atoms with Crippen molar-refractivity contribution in [3.05, 3.63) is 18.0 Å². The molecule has 0 spiro atoms. The van der Waals surface area contributed by atoms with Gasteiger partial charge in [0.15, 0.2) is 0 Å². The molecule has 4 nitrogen and oxygen atoms in total. The minimum absolute atomic E-state index is 0.330. The number of nitrogens with zero attached hydrogens (tertiary/aromatic N) is 4. The number of alkyl halides is 1. The van der Waals surface area contributed by atoms with E-state index in [-0.39, 0.29) is 4.83 Å². The predicted octanol–water partition coefficient (Wildman–Crippen LogP) is 1.50. The van der Waals surface area contributed by atoms with Crippen molar-refractivity contribution >= 4 is 21.9 Å². The van der Waals surface area contributed by atoms with E-state index in [4.69, 9.17) is 5.26 Å². The lowest BCUT2D eigenvalue weighted by atomic mass is 10.3. The average molecular weight is 241 g/mol. The summed E-state index contributed by atoms with van der Waals surface area (Å²) in [6.07, 6.45) is 3.29. The number of hydrogen-bond donors (Lipinski definition) is 0. The van der Waals surface area contributed by atoms with Gasteiger partial charge in [0, 0.05) is 32.1 Å². The molecule has 0 aliphatic carbocycles. The van der Waals surface area contributed by atoms with Gasteiger partial charge in [-0.3, -0.25) is 0 Å². The minimum atomic E-state index is -0.330. The Hall–Kier alpha value is -1.15. The molecule has 0 aliphatic rings. The third-order valence-electron chi connectivity index (χ3n) is 1.46. The standard InChI is InChI=1S/C8H9BrN4/c1-13(2)8-11-4-6(5-12-8)7(9)3-10/h4-5,7H,1-2H3. The van der Waals surface area contributed by atoms with Gasteiger partial charge >= 0.3 is 0 Å². The second-order valence-electron chi connectivity index (χ2n) is 2.70. The van der Waals surface area contributed by atoms with Crippen molar-refractivity contribution in [1.29, 1.82) is 5.26 Å². The van der Waals surface area contributed by atoms with Crippen molar-refractivity contribution in [2.24, 2.45) is 0 Å². The molecule has 0 N–H and O–H groups in total. The number of halogens is 1. The Balaban J connectivity index is 2.89. The normalized spacial score (nSPS) is 11.8. The van der Waals surface area contributed by atoms with Crippen LogP contribution >= 0.6 is 15.9 Å². The van der Waals surface area contributed by atoms with Gasteiger partial charge in [-0.15, -0.1) is 0 Å². The molecule has 0 saturated carbocycles. The van der Waals surface area contributed by atoms with Gasteiger partial charge in [-0.2, -0.15) is 5.26 Å². The van der Waals surface area contributed by atoms with Crippen LogP contribution in [0.4, 0.5) is 5.95 Å². The summed E-state index contributed by atoms with van der Waals surface area (Å²) in [5, 5.41) is 8.60. The van der Waals surface area contributed by atoms with Crippen molar-refractivity contribution in [3.63, 3.8) is 0 Å².